The molecule has 0 aliphatic carbocycles. The van der Waals surface area contributed by atoms with E-state index in [2.05, 4.69) is 4.90 Å². The van der Waals surface area contributed by atoms with Crippen molar-refractivity contribution in [3.05, 3.63) is 31.9 Å². The molecule has 0 spiro atoms. The van der Waals surface area contributed by atoms with Gasteiger partial charge < -0.3 is 10.0 Å². The minimum Gasteiger partial charge on any atom is -0.481 e. The maximum atomic E-state index is 13.1. The van der Waals surface area contributed by atoms with Crippen molar-refractivity contribution >= 4 is 52.1 Å². The van der Waals surface area contributed by atoms with Crippen LogP contribution in [0.4, 0.5) is 5.82 Å². The SMILES string of the molecule is CCCn1c(N2CCCC2)c(/C=C2/SC(=S)N(CCCC(=O)O)C2=O)c(C)c(C#N)c1=O. The van der Waals surface area contributed by atoms with Gasteiger partial charge >= 0.3 is 5.97 Å². The van der Waals surface area contributed by atoms with Crippen LogP contribution in [0.25, 0.3) is 6.08 Å². The van der Waals surface area contributed by atoms with Crippen LogP contribution in [-0.2, 0) is 16.1 Å². The molecule has 32 heavy (non-hydrogen) atoms. The number of carboxylic acids is 1. The van der Waals surface area contributed by atoms with E-state index in [0.29, 0.717) is 33.3 Å². The summed E-state index contributed by atoms with van der Waals surface area (Å²) < 4.78 is 2.05. The summed E-state index contributed by atoms with van der Waals surface area (Å²) >= 11 is 6.53. The Morgan fingerprint density at radius 1 is 1.28 bits per heavy atom. The maximum absolute atomic E-state index is 13.1. The first kappa shape index (κ1) is 24.0. The smallest absolute Gasteiger partial charge is 0.303 e. The Bertz CT molecular complexity index is 1080. The molecule has 0 bridgehead atoms. The molecule has 170 valence electrons. The van der Waals surface area contributed by atoms with Gasteiger partial charge in [0.25, 0.3) is 11.5 Å². The fourth-order valence-electron chi connectivity index (χ4n) is 4.06. The molecular weight excluding hydrogens is 448 g/mol. The minimum atomic E-state index is -0.918. The molecule has 3 heterocycles. The first-order valence-corrected chi connectivity index (χ1v) is 11.9. The molecule has 1 aromatic heterocycles. The Morgan fingerprint density at radius 2 is 1.97 bits per heavy atom. The lowest BCUT2D eigenvalue weighted by atomic mass is 10.0. The fourth-order valence-corrected chi connectivity index (χ4v) is 5.35. The molecule has 0 radical (unpaired) electrons. The number of amides is 1. The Kier molecular flexibility index (Phi) is 7.74. The van der Waals surface area contributed by atoms with Crippen LogP contribution < -0.4 is 10.5 Å². The average Bonchev–Trinajstić information content (AvgIpc) is 3.36. The second-order valence-corrected chi connectivity index (χ2v) is 9.51. The number of aliphatic carboxylic acids is 1. The van der Waals surface area contributed by atoms with Crippen molar-refractivity contribution in [1.82, 2.24) is 9.47 Å². The molecule has 2 saturated heterocycles. The van der Waals surface area contributed by atoms with Crippen molar-refractivity contribution in [3.63, 3.8) is 0 Å². The zero-order valence-corrected chi connectivity index (χ0v) is 19.9. The van der Waals surface area contributed by atoms with E-state index in [9.17, 15) is 19.6 Å². The summed E-state index contributed by atoms with van der Waals surface area (Å²) in [4.78, 5) is 40.9. The van der Waals surface area contributed by atoms with Gasteiger partial charge in [0.1, 0.15) is 21.8 Å². The number of nitriles is 1. The van der Waals surface area contributed by atoms with Crippen LogP contribution in [0.3, 0.4) is 0 Å². The lowest BCUT2D eigenvalue weighted by molar-refractivity contribution is -0.137. The molecule has 1 amide bonds. The van der Waals surface area contributed by atoms with E-state index in [0.717, 1.165) is 49.9 Å². The number of hydrogen-bond acceptors (Lipinski definition) is 7. The molecule has 0 atom stereocenters. The molecule has 3 rings (SSSR count). The zero-order chi connectivity index (χ0) is 23.4. The molecule has 0 aromatic carbocycles. The van der Waals surface area contributed by atoms with Gasteiger partial charge in [-0.3, -0.25) is 23.9 Å². The van der Waals surface area contributed by atoms with Gasteiger partial charge in [0, 0.05) is 38.2 Å². The summed E-state index contributed by atoms with van der Waals surface area (Å²) in [5.74, 6) is -0.440. The fraction of sp³-hybridized carbons (Fsp3) is 0.500. The van der Waals surface area contributed by atoms with Crippen LogP contribution in [0, 0.1) is 18.3 Å². The summed E-state index contributed by atoms with van der Waals surface area (Å²) in [5, 5.41) is 18.5. The van der Waals surface area contributed by atoms with Crippen molar-refractivity contribution < 1.29 is 14.7 Å². The first-order chi connectivity index (χ1) is 15.3. The van der Waals surface area contributed by atoms with E-state index >= 15 is 0 Å². The standard InChI is InChI=1S/C22H26N4O4S2/c1-3-8-25-19(24-9-4-5-10-24)15(14(2)16(13-23)20(25)29)12-17-21(30)26(22(31)32-17)11-6-7-18(27)28/h12H,3-11H2,1-2H3,(H,27,28)/b17-12+. The molecule has 2 aliphatic rings. The summed E-state index contributed by atoms with van der Waals surface area (Å²) in [6.07, 6.45) is 4.79. The van der Waals surface area contributed by atoms with Crippen LogP contribution in [0.2, 0.25) is 0 Å². The maximum Gasteiger partial charge on any atom is 0.303 e. The highest BCUT2D eigenvalue weighted by atomic mass is 32.2. The van der Waals surface area contributed by atoms with E-state index in [1.165, 1.54) is 4.90 Å². The molecule has 8 nitrogen and oxygen atoms in total. The molecule has 0 saturated carbocycles. The second kappa shape index (κ2) is 10.3. The van der Waals surface area contributed by atoms with Crippen molar-refractivity contribution in [3.8, 4) is 6.07 Å². The van der Waals surface area contributed by atoms with Gasteiger partial charge in [0.05, 0.1) is 4.91 Å². The van der Waals surface area contributed by atoms with Crippen LogP contribution in [0.5, 0.6) is 0 Å². The van der Waals surface area contributed by atoms with Crippen molar-refractivity contribution in [2.75, 3.05) is 24.5 Å². The van der Waals surface area contributed by atoms with E-state index < -0.39 is 5.97 Å². The number of nitrogens with zero attached hydrogens (tertiary/aromatic N) is 4. The van der Waals surface area contributed by atoms with Gasteiger partial charge in [0.15, 0.2) is 0 Å². The number of anilines is 1. The monoisotopic (exact) mass is 474 g/mol. The number of thiocarbonyl (C=S) groups is 1. The Hall–Kier alpha value is -2.64. The van der Waals surface area contributed by atoms with E-state index in [-0.39, 0.29) is 30.0 Å². The zero-order valence-electron chi connectivity index (χ0n) is 18.2. The van der Waals surface area contributed by atoms with Crippen LogP contribution in [0.15, 0.2) is 9.70 Å². The third kappa shape index (κ3) is 4.74. The Labute approximate surface area is 196 Å². The highest BCUT2D eigenvalue weighted by Gasteiger charge is 2.33. The molecule has 1 N–H and O–H groups in total. The second-order valence-electron chi connectivity index (χ2n) is 7.83. The van der Waals surface area contributed by atoms with Crippen molar-refractivity contribution in [1.29, 1.82) is 5.26 Å². The number of hydrogen-bond donors (Lipinski definition) is 1. The quantitative estimate of drug-likeness (QED) is 0.452. The lowest BCUT2D eigenvalue weighted by Crippen LogP contribution is -2.33. The number of carbonyl (C=O) groups is 2. The predicted molar refractivity (Wildman–Crippen MR) is 129 cm³/mol. The van der Waals surface area contributed by atoms with Gasteiger partial charge in [-0.1, -0.05) is 30.9 Å². The lowest BCUT2D eigenvalue weighted by Gasteiger charge is -2.26. The van der Waals surface area contributed by atoms with E-state index in [1.807, 2.05) is 13.0 Å². The summed E-state index contributed by atoms with van der Waals surface area (Å²) in [6.45, 7) is 6.07. The number of thioether (sulfide) groups is 1. The van der Waals surface area contributed by atoms with Gasteiger partial charge in [-0.15, -0.1) is 0 Å². The first-order valence-electron chi connectivity index (χ1n) is 10.7. The normalized spacial score (nSPS) is 17.5. The van der Waals surface area contributed by atoms with E-state index in [1.54, 1.807) is 17.6 Å². The third-order valence-electron chi connectivity index (χ3n) is 5.62. The summed E-state index contributed by atoms with van der Waals surface area (Å²) in [5.41, 5.74) is 1.04. The number of carboxylic acid groups (broad SMARTS) is 1. The van der Waals surface area contributed by atoms with Gasteiger partial charge in [0.2, 0.25) is 0 Å². The van der Waals surface area contributed by atoms with Crippen molar-refractivity contribution in [2.45, 2.75) is 52.5 Å². The van der Waals surface area contributed by atoms with Gasteiger partial charge in [-0.25, -0.2) is 0 Å². The largest absolute Gasteiger partial charge is 0.481 e. The molecule has 1 aromatic rings. The molecule has 2 aliphatic heterocycles. The van der Waals surface area contributed by atoms with Crippen molar-refractivity contribution in [2.24, 2.45) is 0 Å². The van der Waals surface area contributed by atoms with Gasteiger partial charge in [-0.05, 0) is 44.2 Å². The highest BCUT2D eigenvalue weighted by molar-refractivity contribution is 8.26. The van der Waals surface area contributed by atoms with Crippen LogP contribution >= 0.6 is 24.0 Å². The minimum absolute atomic E-state index is 0.0398. The topological polar surface area (TPSA) is 107 Å². The molecular formula is C22H26N4O4S2. The predicted octanol–water partition coefficient (Wildman–Crippen LogP) is 3.10. The number of rotatable bonds is 8. The Morgan fingerprint density at radius 3 is 2.56 bits per heavy atom. The Balaban J connectivity index is 2.09. The molecule has 2 fully saturated rings. The van der Waals surface area contributed by atoms with Crippen LogP contribution in [-0.4, -0.2) is 50.4 Å². The molecule has 10 heteroatoms. The number of carbonyl (C=O) groups excluding carboxylic acids is 1. The van der Waals surface area contributed by atoms with E-state index in [4.69, 9.17) is 17.3 Å². The average molecular weight is 475 g/mol. The highest BCUT2D eigenvalue weighted by Crippen LogP contribution is 2.36. The molecule has 0 unspecified atom stereocenters. The third-order valence-corrected chi connectivity index (χ3v) is 7.00. The number of aromatic nitrogens is 1. The number of pyridine rings is 1. The summed E-state index contributed by atoms with van der Waals surface area (Å²) in [7, 11) is 0. The van der Waals surface area contributed by atoms with Gasteiger partial charge in [-0.2, -0.15) is 5.26 Å². The van der Waals surface area contributed by atoms with Crippen LogP contribution in [0.1, 0.15) is 55.7 Å². The summed E-state index contributed by atoms with van der Waals surface area (Å²) in [6, 6.07) is 2.05.